The predicted molar refractivity (Wildman–Crippen MR) is 124 cm³/mol. The summed E-state index contributed by atoms with van der Waals surface area (Å²) in [5, 5.41) is 2.59. The lowest BCUT2D eigenvalue weighted by Gasteiger charge is -2.27. The molecule has 0 saturated heterocycles. The number of pyridine rings is 1. The molecule has 0 bridgehead atoms. The lowest BCUT2D eigenvalue weighted by atomic mass is 9.79. The Labute approximate surface area is 175 Å². The summed E-state index contributed by atoms with van der Waals surface area (Å²) in [7, 11) is 0. The Morgan fingerprint density at radius 2 is 1.31 bits per heavy atom. The van der Waals surface area contributed by atoms with Gasteiger partial charge in [0.25, 0.3) is 0 Å². The molecular formula is C28H33N. The third-order valence-corrected chi connectivity index (χ3v) is 7.32. The zero-order valence-electron chi connectivity index (χ0n) is 17.8. The normalized spacial score (nSPS) is 18.9. The van der Waals surface area contributed by atoms with Gasteiger partial charge in [0.2, 0.25) is 0 Å². The second-order valence-electron chi connectivity index (χ2n) is 9.44. The predicted octanol–water partition coefficient (Wildman–Crippen LogP) is 8.31. The molecule has 1 nitrogen and oxygen atoms in total. The Morgan fingerprint density at radius 3 is 1.93 bits per heavy atom. The molecule has 0 unspecified atom stereocenters. The summed E-state index contributed by atoms with van der Waals surface area (Å²) < 4.78 is 0. The molecule has 1 heteroatoms. The first-order valence-corrected chi connectivity index (χ1v) is 11.8. The number of benzene rings is 2. The van der Waals surface area contributed by atoms with Crippen molar-refractivity contribution in [2.75, 3.05) is 0 Å². The van der Waals surface area contributed by atoms with Crippen LogP contribution in [0.2, 0.25) is 0 Å². The first-order chi connectivity index (χ1) is 14.3. The third-order valence-electron chi connectivity index (χ3n) is 7.32. The molecule has 0 amide bonds. The fraction of sp³-hybridized carbons (Fsp3) is 0.464. The van der Waals surface area contributed by atoms with Crippen LogP contribution < -0.4 is 0 Å². The van der Waals surface area contributed by atoms with Crippen LogP contribution in [0.3, 0.4) is 0 Å². The highest BCUT2D eigenvalue weighted by Gasteiger charge is 2.21. The number of rotatable bonds is 3. The minimum Gasteiger partial charge on any atom is -0.256 e. The van der Waals surface area contributed by atoms with Gasteiger partial charge < -0.3 is 0 Å². The van der Waals surface area contributed by atoms with Crippen molar-refractivity contribution in [2.45, 2.75) is 83.0 Å². The standard InChI is InChI=1S/C28H33N/c1-20-12-13-27-23(16-20)14-15-29-28(27)26-18-24(21-8-4-2-5-9-21)17-25(19-26)22-10-6-3-7-11-22/h12-19,21-22H,2-11H2,1H3. The smallest absolute Gasteiger partial charge is 0.0780 e. The average Bonchev–Trinajstić information content (AvgIpc) is 2.79. The fourth-order valence-corrected chi connectivity index (χ4v) is 5.68. The summed E-state index contributed by atoms with van der Waals surface area (Å²) >= 11 is 0. The molecule has 0 radical (unpaired) electrons. The summed E-state index contributed by atoms with van der Waals surface area (Å²) in [6, 6.07) is 16.5. The van der Waals surface area contributed by atoms with Gasteiger partial charge in [0, 0.05) is 17.1 Å². The summed E-state index contributed by atoms with van der Waals surface area (Å²) in [6.45, 7) is 2.17. The maximum atomic E-state index is 4.88. The van der Waals surface area contributed by atoms with Crippen LogP contribution in [-0.2, 0) is 0 Å². The van der Waals surface area contributed by atoms with Crippen LogP contribution in [0.25, 0.3) is 22.0 Å². The third kappa shape index (κ3) is 3.97. The Morgan fingerprint density at radius 1 is 0.690 bits per heavy atom. The average molecular weight is 384 g/mol. The van der Waals surface area contributed by atoms with Gasteiger partial charge in [-0.2, -0.15) is 0 Å². The zero-order chi connectivity index (χ0) is 19.6. The quantitative estimate of drug-likeness (QED) is 0.443. The molecule has 0 atom stereocenters. The van der Waals surface area contributed by atoms with Crippen LogP contribution >= 0.6 is 0 Å². The van der Waals surface area contributed by atoms with E-state index in [9.17, 15) is 0 Å². The van der Waals surface area contributed by atoms with Gasteiger partial charge in [-0.3, -0.25) is 4.98 Å². The summed E-state index contributed by atoms with van der Waals surface area (Å²) in [6.07, 6.45) is 15.8. The highest BCUT2D eigenvalue weighted by Crippen LogP contribution is 2.40. The van der Waals surface area contributed by atoms with Crippen LogP contribution in [0.1, 0.15) is 92.7 Å². The van der Waals surface area contributed by atoms with Gasteiger partial charge in [0.05, 0.1) is 5.69 Å². The van der Waals surface area contributed by atoms with E-state index in [0.717, 1.165) is 17.5 Å². The molecular weight excluding hydrogens is 350 g/mol. The van der Waals surface area contributed by atoms with Crippen LogP contribution in [0, 0.1) is 6.92 Å². The van der Waals surface area contributed by atoms with Crippen molar-refractivity contribution in [3.05, 3.63) is 65.4 Å². The van der Waals surface area contributed by atoms with Crippen LogP contribution in [0.4, 0.5) is 0 Å². The molecule has 0 N–H and O–H groups in total. The van der Waals surface area contributed by atoms with Crippen LogP contribution in [0.15, 0.2) is 48.7 Å². The van der Waals surface area contributed by atoms with E-state index in [1.54, 1.807) is 11.1 Å². The Hall–Kier alpha value is -2.15. The lowest BCUT2D eigenvalue weighted by molar-refractivity contribution is 0.435. The van der Waals surface area contributed by atoms with Crippen LogP contribution in [0.5, 0.6) is 0 Å². The summed E-state index contributed by atoms with van der Waals surface area (Å²) in [5.41, 5.74) is 6.97. The number of aryl methyl sites for hydroxylation is 1. The first kappa shape index (κ1) is 18.9. The van der Waals surface area contributed by atoms with E-state index in [-0.39, 0.29) is 0 Å². The SMILES string of the molecule is Cc1ccc2c(-c3cc(C4CCCCC4)cc(C4CCCCC4)c3)nccc2c1. The number of fused-ring (bicyclic) bond motifs is 1. The zero-order valence-corrected chi connectivity index (χ0v) is 17.8. The van der Waals surface area contributed by atoms with Crippen molar-refractivity contribution >= 4 is 10.8 Å². The molecule has 2 saturated carbocycles. The van der Waals surface area contributed by atoms with E-state index >= 15 is 0 Å². The van der Waals surface area contributed by atoms with Crippen molar-refractivity contribution in [3.63, 3.8) is 0 Å². The van der Waals surface area contributed by atoms with Crippen LogP contribution in [-0.4, -0.2) is 4.98 Å². The Balaban J connectivity index is 1.63. The highest BCUT2D eigenvalue weighted by molar-refractivity contribution is 5.95. The van der Waals surface area contributed by atoms with Gasteiger partial charge in [-0.25, -0.2) is 0 Å². The fourth-order valence-electron chi connectivity index (χ4n) is 5.68. The summed E-state index contributed by atoms with van der Waals surface area (Å²) in [5.74, 6) is 1.48. The van der Waals surface area contributed by atoms with Crippen molar-refractivity contribution in [1.29, 1.82) is 0 Å². The summed E-state index contributed by atoms with van der Waals surface area (Å²) in [4.78, 5) is 4.88. The van der Waals surface area contributed by atoms with Gasteiger partial charge in [-0.1, -0.05) is 68.4 Å². The van der Waals surface area contributed by atoms with Crippen molar-refractivity contribution in [1.82, 2.24) is 4.98 Å². The molecule has 150 valence electrons. The van der Waals surface area contributed by atoms with E-state index in [4.69, 9.17) is 4.98 Å². The maximum absolute atomic E-state index is 4.88. The number of aromatic nitrogens is 1. The highest BCUT2D eigenvalue weighted by atomic mass is 14.7. The maximum Gasteiger partial charge on any atom is 0.0780 e. The minimum atomic E-state index is 0.739. The molecule has 3 aromatic rings. The monoisotopic (exact) mass is 383 g/mol. The largest absolute Gasteiger partial charge is 0.256 e. The number of nitrogens with zero attached hydrogens (tertiary/aromatic N) is 1. The van der Waals surface area contributed by atoms with Crippen molar-refractivity contribution in [3.8, 4) is 11.3 Å². The molecule has 0 aliphatic heterocycles. The van der Waals surface area contributed by atoms with E-state index in [1.807, 2.05) is 6.20 Å². The van der Waals surface area contributed by atoms with Crippen molar-refractivity contribution < 1.29 is 0 Å². The number of hydrogen-bond donors (Lipinski definition) is 0. The Bertz CT molecular complexity index is 954. The molecule has 2 aromatic carbocycles. The van der Waals surface area contributed by atoms with Gasteiger partial charge >= 0.3 is 0 Å². The molecule has 2 fully saturated rings. The second-order valence-corrected chi connectivity index (χ2v) is 9.44. The molecule has 5 rings (SSSR count). The van der Waals surface area contributed by atoms with E-state index in [2.05, 4.69) is 49.4 Å². The molecule has 2 aliphatic carbocycles. The van der Waals surface area contributed by atoms with E-state index < -0.39 is 0 Å². The molecule has 1 heterocycles. The molecule has 1 aromatic heterocycles. The first-order valence-electron chi connectivity index (χ1n) is 11.8. The van der Waals surface area contributed by atoms with E-state index in [1.165, 1.54) is 86.1 Å². The molecule has 2 aliphatic rings. The van der Waals surface area contributed by atoms with Gasteiger partial charge in [0.15, 0.2) is 0 Å². The van der Waals surface area contributed by atoms with Gasteiger partial charge in [0.1, 0.15) is 0 Å². The number of hydrogen-bond acceptors (Lipinski definition) is 1. The van der Waals surface area contributed by atoms with Gasteiger partial charge in [-0.15, -0.1) is 0 Å². The lowest BCUT2D eigenvalue weighted by Crippen LogP contribution is -2.09. The minimum absolute atomic E-state index is 0.739. The molecule has 29 heavy (non-hydrogen) atoms. The van der Waals surface area contributed by atoms with E-state index in [0.29, 0.717) is 0 Å². The Kier molecular flexibility index (Phi) is 5.40. The van der Waals surface area contributed by atoms with Crippen molar-refractivity contribution in [2.24, 2.45) is 0 Å². The second kappa shape index (κ2) is 8.30. The molecule has 0 spiro atoms. The van der Waals surface area contributed by atoms with Gasteiger partial charge in [-0.05, 0) is 79.2 Å². The topological polar surface area (TPSA) is 12.9 Å².